The number of hydrogen-bond donors (Lipinski definition) is 2. The van der Waals surface area contributed by atoms with Gasteiger partial charge in [-0.25, -0.2) is 0 Å². The summed E-state index contributed by atoms with van der Waals surface area (Å²) in [5, 5.41) is 13.1. The van der Waals surface area contributed by atoms with Gasteiger partial charge in [0.2, 0.25) is 0 Å². The van der Waals surface area contributed by atoms with Gasteiger partial charge in [-0.1, -0.05) is 48.5 Å². The van der Waals surface area contributed by atoms with Crippen molar-refractivity contribution in [2.45, 2.75) is 19.6 Å². The van der Waals surface area contributed by atoms with Gasteiger partial charge in [-0.05, 0) is 35.1 Å². The molecule has 0 aromatic heterocycles. The maximum Gasteiger partial charge on any atom is 0.491 e. The number of rotatable bonds is 5. The number of nitrogens with one attached hydrogen (secondary N) is 1. The minimum absolute atomic E-state index is 0.517. The monoisotopic (exact) mass is 267 g/mol. The first-order valence-corrected chi connectivity index (χ1v) is 6.99. The molecule has 0 saturated carbocycles. The first kappa shape index (κ1) is 13.4. The minimum atomic E-state index is -0.748. The molecule has 3 nitrogen and oxygen atoms in total. The molecular weight excluding hydrogens is 249 g/mol. The van der Waals surface area contributed by atoms with Gasteiger partial charge in [-0.3, -0.25) is 0 Å². The normalized spacial score (nSPS) is 13.6. The number of benzene rings is 2. The Morgan fingerprint density at radius 3 is 2.80 bits per heavy atom. The lowest BCUT2D eigenvalue weighted by Crippen LogP contribution is -2.28. The van der Waals surface area contributed by atoms with Gasteiger partial charge in [0.05, 0.1) is 6.61 Å². The van der Waals surface area contributed by atoms with E-state index in [9.17, 15) is 5.02 Å². The molecule has 0 atom stereocenters. The highest BCUT2D eigenvalue weighted by Gasteiger charge is 2.26. The molecule has 2 aromatic rings. The van der Waals surface area contributed by atoms with Crippen LogP contribution in [-0.4, -0.2) is 18.7 Å². The predicted molar refractivity (Wildman–Crippen MR) is 80.7 cm³/mol. The fourth-order valence-corrected chi connectivity index (χ4v) is 2.48. The van der Waals surface area contributed by atoms with E-state index in [4.69, 9.17) is 4.65 Å². The highest BCUT2D eigenvalue weighted by atomic mass is 16.5. The van der Waals surface area contributed by atoms with Crippen LogP contribution in [0, 0.1) is 0 Å². The second kappa shape index (κ2) is 6.22. The van der Waals surface area contributed by atoms with Crippen LogP contribution in [0.2, 0.25) is 0 Å². The van der Waals surface area contributed by atoms with E-state index in [-0.39, 0.29) is 0 Å². The zero-order valence-electron chi connectivity index (χ0n) is 11.4. The van der Waals surface area contributed by atoms with Crippen LogP contribution in [0.15, 0.2) is 48.5 Å². The third kappa shape index (κ3) is 3.10. The molecule has 0 unspecified atom stereocenters. The summed E-state index contributed by atoms with van der Waals surface area (Å²) in [6.07, 6.45) is 0.951. The SMILES string of the molecule is OB1OCc2ccc(CCNCc3ccccc3)cc21. The molecule has 102 valence electrons. The summed E-state index contributed by atoms with van der Waals surface area (Å²) < 4.78 is 5.20. The Balaban J connectivity index is 1.51. The number of fused-ring (bicyclic) bond motifs is 1. The van der Waals surface area contributed by atoms with E-state index in [0.29, 0.717) is 6.61 Å². The van der Waals surface area contributed by atoms with Crippen molar-refractivity contribution in [1.29, 1.82) is 0 Å². The van der Waals surface area contributed by atoms with Crippen LogP contribution in [0.25, 0.3) is 0 Å². The van der Waals surface area contributed by atoms with E-state index in [1.165, 1.54) is 11.1 Å². The number of hydrogen-bond acceptors (Lipinski definition) is 3. The molecule has 4 heteroatoms. The van der Waals surface area contributed by atoms with Gasteiger partial charge in [0.15, 0.2) is 0 Å². The predicted octanol–water partition coefficient (Wildman–Crippen LogP) is 1.24. The summed E-state index contributed by atoms with van der Waals surface area (Å²) in [6, 6.07) is 16.6. The molecule has 0 bridgehead atoms. The third-order valence-corrected chi connectivity index (χ3v) is 3.64. The van der Waals surface area contributed by atoms with Gasteiger partial charge in [0.25, 0.3) is 0 Å². The zero-order chi connectivity index (χ0) is 13.8. The Kier molecular flexibility index (Phi) is 4.16. The molecule has 20 heavy (non-hydrogen) atoms. The van der Waals surface area contributed by atoms with E-state index in [1.807, 2.05) is 6.07 Å². The smallest absolute Gasteiger partial charge is 0.423 e. The summed E-state index contributed by atoms with van der Waals surface area (Å²) >= 11 is 0. The minimum Gasteiger partial charge on any atom is -0.423 e. The highest BCUT2D eigenvalue weighted by Crippen LogP contribution is 2.11. The van der Waals surface area contributed by atoms with Gasteiger partial charge < -0.3 is 15.0 Å². The van der Waals surface area contributed by atoms with Crippen LogP contribution in [0.5, 0.6) is 0 Å². The maximum absolute atomic E-state index is 9.69. The van der Waals surface area contributed by atoms with Gasteiger partial charge in [0.1, 0.15) is 0 Å². The molecule has 0 radical (unpaired) electrons. The molecule has 0 fully saturated rings. The first-order chi connectivity index (χ1) is 9.83. The molecule has 3 rings (SSSR count). The average molecular weight is 267 g/mol. The van der Waals surface area contributed by atoms with Gasteiger partial charge in [0, 0.05) is 6.54 Å². The largest absolute Gasteiger partial charge is 0.491 e. The quantitative estimate of drug-likeness (QED) is 0.632. The molecule has 1 aliphatic rings. The molecular formula is C16H18BNO2. The summed E-state index contributed by atoms with van der Waals surface area (Å²) in [7, 11) is -0.748. The lowest BCUT2D eigenvalue weighted by molar-refractivity contribution is 0.275. The zero-order valence-corrected chi connectivity index (χ0v) is 11.4. The van der Waals surface area contributed by atoms with Crippen molar-refractivity contribution < 1.29 is 9.68 Å². The average Bonchev–Trinajstić information content (AvgIpc) is 2.86. The van der Waals surface area contributed by atoms with Crippen LogP contribution in [-0.2, 0) is 24.2 Å². The van der Waals surface area contributed by atoms with Crippen LogP contribution in [0.3, 0.4) is 0 Å². The van der Waals surface area contributed by atoms with Crippen molar-refractivity contribution in [3.05, 3.63) is 65.2 Å². The molecule has 1 heterocycles. The lowest BCUT2D eigenvalue weighted by atomic mass is 9.78. The second-order valence-corrected chi connectivity index (χ2v) is 5.11. The van der Waals surface area contributed by atoms with E-state index < -0.39 is 7.12 Å². The Hall–Kier alpha value is -1.62. The van der Waals surface area contributed by atoms with Gasteiger partial charge in [-0.2, -0.15) is 0 Å². The summed E-state index contributed by atoms with van der Waals surface area (Å²) in [5.41, 5.74) is 4.54. The van der Waals surface area contributed by atoms with E-state index in [0.717, 1.165) is 30.5 Å². The first-order valence-electron chi connectivity index (χ1n) is 6.99. The van der Waals surface area contributed by atoms with Crippen LogP contribution in [0.1, 0.15) is 16.7 Å². The second-order valence-electron chi connectivity index (χ2n) is 5.11. The van der Waals surface area contributed by atoms with Crippen molar-refractivity contribution in [3.63, 3.8) is 0 Å². The molecule has 0 saturated heterocycles. The van der Waals surface area contributed by atoms with Crippen molar-refractivity contribution in [3.8, 4) is 0 Å². The molecule has 0 spiro atoms. The summed E-state index contributed by atoms with van der Waals surface area (Å²) in [6.45, 7) is 2.32. The summed E-state index contributed by atoms with van der Waals surface area (Å²) in [5.74, 6) is 0. The third-order valence-electron chi connectivity index (χ3n) is 3.64. The van der Waals surface area contributed by atoms with Crippen LogP contribution < -0.4 is 10.8 Å². The molecule has 0 amide bonds. The fourth-order valence-electron chi connectivity index (χ4n) is 2.48. The Bertz CT molecular complexity index is 574. The van der Waals surface area contributed by atoms with E-state index in [1.54, 1.807) is 0 Å². The standard InChI is InChI=1S/C16H18BNO2/c19-17-16-10-13(6-7-15(16)12-20-17)8-9-18-11-14-4-2-1-3-5-14/h1-7,10,18-19H,8-9,11-12H2. The van der Waals surface area contributed by atoms with Crippen LogP contribution in [0.4, 0.5) is 0 Å². The Morgan fingerprint density at radius 1 is 1.10 bits per heavy atom. The molecule has 1 aliphatic heterocycles. The summed E-state index contributed by atoms with van der Waals surface area (Å²) in [4.78, 5) is 0. The van der Waals surface area contributed by atoms with Crippen molar-refractivity contribution in [2.75, 3.05) is 6.54 Å². The topological polar surface area (TPSA) is 41.5 Å². The molecule has 0 aliphatic carbocycles. The Labute approximate surface area is 119 Å². The van der Waals surface area contributed by atoms with Crippen molar-refractivity contribution >= 4 is 12.6 Å². The molecule has 2 N–H and O–H groups in total. The maximum atomic E-state index is 9.69. The van der Waals surface area contributed by atoms with Crippen molar-refractivity contribution in [1.82, 2.24) is 5.32 Å². The Morgan fingerprint density at radius 2 is 1.95 bits per heavy atom. The van der Waals surface area contributed by atoms with E-state index in [2.05, 4.69) is 47.8 Å². The molecule has 2 aromatic carbocycles. The van der Waals surface area contributed by atoms with Crippen LogP contribution >= 0.6 is 0 Å². The van der Waals surface area contributed by atoms with Gasteiger partial charge >= 0.3 is 7.12 Å². The van der Waals surface area contributed by atoms with E-state index >= 15 is 0 Å². The highest BCUT2D eigenvalue weighted by molar-refractivity contribution is 6.61. The van der Waals surface area contributed by atoms with Gasteiger partial charge in [-0.15, -0.1) is 0 Å². The lowest BCUT2D eigenvalue weighted by Gasteiger charge is -2.07. The fraction of sp³-hybridized carbons (Fsp3) is 0.250. The van der Waals surface area contributed by atoms with Crippen molar-refractivity contribution in [2.24, 2.45) is 0 Å².